The molecule has 2 unspecified atom stereocenters. The SMILES string of the molecule is COc1ccc2c(c1)C(=O)N(C1CC1C(=O)O)C2=O. The molecule has 1 saturated carbocycles. The highest BCUT2D eigenvalue weighted by molar-refractivity contribution is 6.22. The number of aliphatic carboxylic acids is 1. The molecule has 1 heterocycles. The second-order valence-electron chi connectivity index (χ2n) is 4.64. The summed E-state index contributed by atoms with van der Waals surface area (Å²) in [5.41, 5.74) is 0.585. The minimum atomic E-state index is -0.973. The molecule has 1 aromatic rings. The Kier molecular flexibility index (Phi) is 2.35. The molecule has 6 heteroatoms. The Morgan fingerprint density at radius 2 is 2.00 bits per heavy atom. The van der Waals surface area contributed by atoms with Crippen LogP contribution in [-0.2, 0) is 4.79 Å². The van der Waals surface area contributed by atoms with Crippen molar-refractivity contribution in [1.29, 1.82) is 0 Å². The largest absolute Gasteiger partial charge is 0.497 e. The van der Waals surface area contributed by atoms with E-state index in [1.165, 1.54) is 19.2 Å². The van der Waals surface area contributed by atoms with Crippen molar-refractivity contribution in [3.8, 4) is 5.75 Å². The van der Waals surface area contributed by atoms with Crippen LogP contribution in [0, 0.1) is 5.92 Å². The summed E-state index contributed by atoms with van der Waals surface area (Å²) in [6.45, 7) is 0. The third kappa shape index (κ3) is 1.60. The van der Waals surface area contributed by atoms with E-state index in [0.717, 1.165) is 4.90 Å². The van der Waals surface area contributed by atoms with Gasteiger partial charge in [0.25, 0.3) is 11.8 Å². The molecule has 98 valence electrons. The fourth-order valence-electron chi connectivity index (χ4n) is 2.40. The lowest BCUT2D eigenvalue weighted by Gasteiger charge is -2.12. The van der Waals surface area contributed by atoms with Gasteiger partial charge < -0.3 is 9.84 Å². The molecule has 0 radical (unpaired) electrons. The maximum atomic E-state index is 12.2. The third-order valence-corrected chi connectivity index (χ3v) is 3.53. The van der Waals surface area contributed by atoms with Gasteiger partial charge in [-0.1, -0.05) is 0 Å². The summed E-state index contributed by atoms with van der Waals surface area (Å²) in [5, 5.41) is 8.89. The van der Waals surface area contributed by atoms with E-state index in [1.54, 1.807) is 6.07 Å². The smallest absolute Gasteiger partial charge is 0.308 e. The van der Waals surface area contributed by atoms with Gasteiger partial charge in [-0.25, -0.2) is 0 Å². The Morgan fingerprint density at radius 3 is 2.58 bits per heavy atom. The average molecular weight is 261 g/mol. The lowest BCUT2D eigenvalue weighted by molar-refractivity contribution is -0.138. The number of carbonyl (C=O) groups is 3. The van der Waals surface area contributed by atoms with Crippen LogP contribution in [0.3, 0.4) is 0 Å². The first-order valence-electron chi connectivity index (χ1n) is 5.83. The summed E-state index contributed by atoms with van der Waals surface area (Å²) in [6.07, 6.45) is 0.331. The number of hydrogen-bond donors (Lipinski definition) is 1. The Balaban J connectivity index is 1.94. The number of fused-ring (bicyclic) bond motifs is 1. The number of carboxylic acids is 1. The van der Waals surface area contributed by atoms with Crippen LogP contribution in [0.5, 0.6) is 5.75 Å². The van der Waals surface area contributed by atoms with E-state index >= 15 is 0 Å². The van der Waals surface area contributed by atoms with E-state index in [0.29, 0.717) is 17.7 Å². The van der Waals surface area contributed by atoms with Gasteiger partial charge in [-0.05, 0) is 24.6 Å². The zero-order chi connectivity index (χ0) is 13.7. The molecule has 19 heavy (non-hydrogen) atoms. The fourth-order valence-corrected chi connectivity index (χ4v) is 2.40. The van der Waals surface area contributed by atoms with Gasteiger partial charge in [-0.15, -0.1) is 0 Å². The minimum Gasteiger partial charge on any atom is -0.497 e. The number of ether oxygens (including phenoxy) is 1. The number of benzene rings is 1. The van der Waals surface area contributed by atoms with Crippen LogP contribution in [0.1, 0.15) is 27.1 Å². The number of methoxy groups -OCH3 is 1. The van der Waals surface area contributed by atoms with Crippen LogP contribution in [0.2, 0.25) is 0 Å². The van der Waals surface area contributed by atoms with E-state index < -0.39 is 29.7 Å². The highest BCUT2D eigenvalue weighted by Crippen LogP contribution is 2.40. The number of nitrogens with zero attached hydrogens (tertiary/aromatic N) is 1. The lowest BCUT2D eigenvalue weighted by Crippen LogP contribution is -2.33. The average Bonchev–Trinajstić information content (AvgIpc) is 3.14. The van der Waals surface area contributed by atoms with Crippen LogP contribution in [0.25, 0.3) is 0 Å². The molecule has 6 nitrogen and oxygen atoms in total. The predicted molar refractivity (Wildman–Crippen MR) is 63.0 cm³/mol. The van der Waals surface area contributed by atoms with Crippen molar-refractivity contribution in [2.45, 2.75) is 12.5 Å². The van der Waals surface area contributed by atoms with Crippen LogP contribution < -0.4 is 4.74 Å². The normalized spacial score (nSPS) is 24.4. The van der Waals surface area contributed by atoms with E-state index in [2.05, 4.69) is 0 Å². The Morgan fingerprint density at radius 1 is 1.32 bits per heavy atom. The molecule has 1 N–H and O–H groups in total. The summed E-state index contributed by atoms with van der Waals surface area (Å²) in [5.74, 6) is -1.97. The maximum absolute atomic E-state index is 12.2. The van der Waals surface area contributed by atoms with Crippen molar-refractivity contribution in [3.63, 3.8) is 0 Å². The first kappa shape index (κ1) is 11.7. The van der Waals surface area contributed by atoms with E-state index in [9.17, 15) is 14.4 Å². The number of amides is 2. The van der Waals surface area contributed by atoms with Crippen molar-refractivity contribution in [1.82, 2.24) is 4.90 Å². The van der Waals surface area contributed by atoms with E-state index in [4.69, 9.17) is 9.84 Å². The van der Waals surface area contributed by atoms with Crippen LogP contribution in [0.15, 0.2) is 18.2 Å². The molecule has 1 aromatic carbocycles. The fraction of sp³-hybridized carbons (Fsp3) is 0.308. The summed E-state index contributed by atoms with van der Waals surface area (Å²) in [6, 6.07) is 4.13. The topological polar surface area (TPSA) is 83.9 Å². The molecule has 0 aromatic heterocycles. The summed E-state index contributed by atoms with van der Waals surface area (Å²) in [7, 11) is 1.47. The van der Waals surface area contributed by atoms with Crippen LogP contribution in [0.4, 0.5) is 0 Å². The standard InChI is InChI=1S/C13H11NO5/c1-19-6-2-3-7-8(4-6)12(16)14(11(7)15)10-5-9(10)13(17)18/h2-4,9-10H,5H2,1H3,(H,17,18). The van der Waals surface area contributed by atoms with Gasteiger partial charge in [0.1, 0.15) is 5.75 Å². The van der Waals surface area contributed by atoms with E-state index in [1.807, 2.05) is 0 Å². The second-order valence-corrected chi connectivity index (χ2v) is 4.64. The quantitative estimate of drug-likeness (QED) is 0.812. The monoisotopic (exact) mass is 261 g/mol. The van der Waals surface area contributed by atoms with Gasteiger partial charge in [-0.3, -0.25) is 19.3 Å². The molecule has 1 aliphatic carbocycles. The molecule has 2 aliphatic rings. The van der Waals surface area contributed by atoms with Gasteiger partial charge in [0.05, 0.1) is 30.2 Å². The Hall–Kier alpha value is -2.37. The van der Waals surface area contributed by atoms with Crippen molar-refractivity contribution in [2.24, 2.45) is 5.92 Å². The highest BCUT2D eigenvalue weighted by Gasteiger charge is 2.54. The Bertz CT molecular complexity index is 609. The zero-order valence-electron chi connectivity index (χ0n) is 10.1. The molecule has 0 spiro atoms. The predicted octanol–water partition coefficient (Wildman–Crippen LogP) is 0.764. The van der Waals surface area contributed by atoms with Gasteiger partial charge in [0.15, 0.2) is 0 Å². The number of rotatable bonds is 3. The van der Waals surface area contributed by atoms with E-state index in [-0.39, 0.29) is 5.56 Å². The molecule has 2 atom stereocenters. The lowest BCUT2D eigenvalue weighted by atomic mass is 10.1. The van der Waals surface area contributed by atoms with Gasteiger partial charge in [-0.2, -0.15) is 0 Å². The van der Waals surface area contributed by atoms with Crippen LogP contribution in [-0.4, -0.2) is 40.9 Å². The maximum Gasteiger partial charge on any atom is 0.308 e. The molecular weight excluding hydrogens is 250 g/mol. The Labute approximate surface area is 108 Å². The highest BCUT2D eigenvalue weighted by atomic mass is 16.5. The van der Waals surface area contributed by atoms with Crippen molar-refractivity contribution in [3.05, 3.63) is 29.3 Å². The van der Waals surface area contributed by atoms with Gasteiger partial charge in [0.2, 0.25) is 0 Å². The van der Waals surface area contributed by atoms with Gasteiger partial charge >= 0.3 is 5.97 Å². The second kappa shape index (κ2) is 3.81. The molecule has 2 amide bonds. The summed E-state index contributed by atoms with van der Waals surface area (Å²) >= 11 is 0. The molecule has 1 aliphatic heterocycles. The molecule has 0 saturated heterocycles. The number of hydrogen-bond acceptors (Lipinski definition) is 4. The summed E-state index contributed by atoms with van der Waals surface area (Å²) in [4.78, 5) is 36.2. The minimum absolute atomic E-state index is 0.278. The van der Waals surface area contributed by atoms with Crippen molar-refractivity contribution >= 4 is 17.8 Å². The molecular formula is C13H11NO5. The first-order chi connectivity index (χ1) is 9.04. The first-order valence-corrected chi connectivity index (χ1v) is 5.83. The number of carbonyl (C=O) groups excluding carboxylic acids is 2. The van der Waals surface area contributed by atoms with Gasteiger partial charge in [0, 0.05) is 0 Å². The number of imide groups is 1. The van der Waals surface area contributed by atoms with Crippen LogP contribution >= 0.6 is 0 Å². The van der Waals surface area contributed by atoms with Crippen molar-refractivity contribution < 1.29 is 24.2 Å². The zero-order valence-corrected chi connectivity index (χ0v) is 10.1. The summed E-state index contributed by atoms with van der Waals surface area (Å²) < 4.78 is 5.02. The number of carboxylic acid groups (broad SMARTS) is 1. The third-order valence-electron chi connectivity index (χ3n) is 3.53. The molecule has 3 rings (SSSR count). The molecule has 0 bridgehead atoms. The van der Waals surface area contributed by atoms with Crippen molar-refractivity contribution in [2.75, 3.05) is 7.11 Å². The molecule has 1 fully saturated rings.